The first-order valence-electron chi connectivity index (χ1n) is 8.16. The summed E-state index contributed by atoms with van der Waals surface area (Å²) in [5.41, 5.74) is 0.492. The van der Waals surface area contributed by atoms with Gasteiger partial charge >= 0.3 is 5.69 Å². The molecule has 0 radical (unpaired) electrons. The predicted molar refractivity (Wildman–Crippen MR) is 100 cm³/mol. The number of hydrogen-bond donors (Lipinski definition) is 0. The number of para-hydroxylation sites is 1. The number of aromatic nitrogens is 2. The van der Waals surface area contributed by atoms with E-state index in [1.807, 2.05) is 60.7 Å². The van der Waals surface area contributed by atoms with Crippen molar-refractivity contribution in [1.82, 2.24) is 9.13 Å². The lowest BCUT2D eigenvalue weighted by Crippen LogP contribution is -2.43. The summed E-state index contributed by atoms with van der Waals surface area (Å²) >= 11 is 0. The monoisotopic (exact) mass is 349 g/mol. The Kier molecular flexibility index (Phi) is 4.84. The Hall–Kier alpha value is -3.41. The van der Waals surface area contributed by atoms with Crippen LogP contribution in [0.5, 0.6) is 0 Å². The van der Waals surface area contributed by atoms with Crippen LogP contribution in [0.4, 0.5) is 5.69 Å². The molecule has 0 saturated carbocycles. The molecule has 0 bridgehead atoms. The van der Waals surface area contributed by atoms with Crippen molar-refractivity contribution in [3.05, 3.63) is 98.8 Å². The van der Waals surface area contributed by atoms with E-state index in [-0.39, 0.29) is 5.56 Å². The van der Waals surface area contributed by atoms with Crippen LogP contribution in [0.25, 0.3) is 0 Å². The largest absolute Gasteiger partial charge is 0.330 e. The zero-order valence-corrected chi connectivity index (χ0v) is 14.6. The van der Waals surface area contributed by atoms with E-state index >= 15 is 0 Å². The van der Waals surface area contributed by atoms with Gasteiger partial charge in [0.25, 0.3) is 11.5 Å². The lowest BCUT2D eigenvalue weighted by Gasteiger charge is -2.23. The third kappa shape index (κ3) is 3.35. The maximum Gasteiger partial charge on any atom is 0.330 e. The highest BCUT2D eigenvalue weighted by Gasteiger charge is 2.22. The van der Waals surface area contributed by atoms with E-state index in [0.29, 0.717) is 12.2 Å². The first-order valence-corrected chi connectivity index (χ1v) is 8.16. The quantitative estimate of drug-likeness (QED) is 0.723. The van der Waals surface area contributed by atoms with E-state index in [1.165, 1.54) is 29.8 Å². The predicted octanol–water partition coefficient (Wildman–Crippen LogP) is 1.93. The van der Waals surface area contributed by atoms with Crippen molar-refractivity contribution in [3.8, 4) is 0 Å². The normalized spacial score (nSPS) is 10.5. The molecule has 0 unspecified atom stereocenters. The maximum atomic E-state index is 13.2. The number of rotatable bonds is 4. The van der Waals surface area contributed by atoms with Gasteiger partial charge in [-0.15, -0.1) is 0 Å². The second-order valence-corrected chi connectivity index (χ2v) is 6.01. The van der Waals surface area contributed by atoms with Crippen LogP contribution in [0.1, 0.15) is 15.9 Å². The van der Waals surface area contributed by atoms with Crippen molar-refractivity contribution in [2.45, 2.75) is 6.54 Å². The SMILES string of the molecule is Cn1cc(C(=O)N(Cc2ccccc2)c2ccccc2)c(=O)n(C)c1=O. The van der Waals surface area contributed by atoms with Crippen LogP contribution in [-0.2, 0) is 20.6 Å². The highest BCUT2D eigenvalue weighted by molar-refractivity contribution is 6.05. The molecule has 0 aliphatic carbocycles. The summed E-state index contributed by atoms with van der Waals surface area (Å²) in [6, 6.07) is 18.7. The van der Waals surface area contributed by atoms with Gasteiger partial charge in [-0.05, 0) is 17.7 Å². The molecule has 1 heterocycles. The van der Waals surface area contributed by atoms with E-state index in [4.69, 9.17) is 0 Å². The molecule has 0 saturated heterocycles. The highest BCUT2D eigenvalue weighted by Crippen LogP contribution is 2.19. The van der Waals surface area contributed by atoms with Crippen LogP contribution in [0.15, 0.2) is 76.4 Å². The van der Waals surface area contributed by atoms with Crippen LogP contribution in [-0.4, -0.2) is 15.0 Å². The Balaban J connectivity index is 2.09. The topological polar surface area (TPSA) is 64.3 Å². The van der Waals surface area contributed by atoms with Crippen molar-refractivity contribution in [3.63, 3.8) is 0 Å². The summed E-state index contributed by atoms with van der Waals surface area (Å²) in [6.07, 6.45) is 1.30. The fourth-order valence-electron chi connectivity index (χ4n) is 2.75. The van der Waals surface area contributed by atoms with E-state index < -0.39 is 17.2 Å². The summed E-state index contributed by atoms with van der Waals surface area (Å²) in [6.45, 7) is 0.315. The molecule has 26 heavy (non-hydrogen) atoms. The van der Waals surface area contributed by atoms with Gasteiger partial charge in [0.15, 0.2) is 0 Å². The molecule has 0 aliphatic rings. The van der Waals surface area contributed by atoms with Crippen LogP contribution < -0.4 is 16.1 Å². The number of aryl methyl sites for hydroxylation is 1. The van der Waals surface area contributed by atoms with Gasteiger partial charge in [0, 0.05) is 26.0 Å². The first-order chi connectivity index (χ1) is 12.5. The third-order valence-electron chi connectivity index (χ3n) is 4.17. The average molecular weight is 349 g/mol. The molecule has 0 fully saturated rings. The smallest absolute Gasteiger partial charge is 0.304 e. The summed E-state index contributed by atoms with van der Waals surface area (Å²) in [5, 5.41) is 0. The van der Waals surface area contributed by atoms with E-state index in [0.717, 1.165) is 10.1 Å². The molecule has 2 aromatic carbocycles. The standard InChI is InChI=1S/C20H19N3O3/c1-21-14-17(18(24)22(2)20(21)26)19(25)23(16-11-7-4-8-12-16)13-15-9-5-3-6-10-15/h3-12,14H,13H2,1-2H3. The van der Waals surface area contributed by atoms with Gasteiger partial charge in [0.1, 0.15) is 5.56 Å². The zero-order chi connectivity index (χ0) is 18.7. The summed E-state index contributed by atoms with van der Waals surface area (Å²) in [7, 11) is 2.88. The summed E-state index contributed by atoms with van der Waals surface area (Å²) in [4.78, 5) is 39.1. The Labute approximate surface area is 150 Å². The molecule has 3 aromatic rings. The maximum absolute atomic E-state index is 13.2. The van der Waals surface area contributed by atoms with Crippen molar-refractivity contribution in [2.24, 2.45) is 14.1 Å². The molecule has 6 nitrogen and oxygen atoms in total. The van der Waals surface area contributed by atoms with Crippen LogP contribution >= 0.6 is 0 Å². The lowest BCUT2D eigenvalue weighted by molar-refractivity contribution is 0.0982. The number of benzene rings is 2. The van der Waals surface area contributed by atoms with Gasteiger partial charge in [0.05, 0.1) is 6.54 Å². The number of hydrogen-bond acceptors (Lipinski definition) is 3. The van der Waals surface area contributed by atoms with Crippen molar-refractivity contribution >= 4 is 11.6 Å². The van der Waals surface area contributed by atoms with E-state index in [1.54, 1.807) is 0 Å². The van der Waals surface area contributed by atoms with Crippen LogP contribution in [0, 0.1) is 0 Å². The van der Waals surface area contributed by atoms with Gasteiger partial charge in [-0.3, -0.25) is 14.2 Å². The number of nitrogens with zero attached hydrogens (tertiary/aromatic N) is 3. The fraction of sp³-hybridized carbons (Fsp3) is 0.150. The number of amides is 1. The molecule has 1 amide bonds. The number of carbonyl (C=O) groups is 1. The molecule has 0 N–H and O–H groups in total. The first kappa shape index (κ1) is 17.4. The minimum absolute atomic E-state index is 0.0469. The van der Waals surface area contributed by atoms with Gasteiger partial charge in [-0.2, -0.15) is 0 Å². The molecule has 0 aliphatic heterocycles. The summed E-state index contributed by atoms with van der Waals surface area (Å²) in [5.74, 6) is -0.448. The Bertz CT molecular complexity index is 1040. The molecular weight excluding hydrogens is 330 g/mol. The van der Waals surface area contributed by atoms with Crippen LogP contribution in [0.2, 0.25) is 0 Å². The highest BCUT2D eigenvalue weighted by atomic mass is 16.2. The third-order valence-corrected chi connectivity index (χ3v) is 4.17. The van der Waals surface area contributed by atoms with Crippen molar-refractivity contribution < 1.29 is 4.79 Å². The Morgan fingerprint density at radius 3 is 2.12 bits per heavy atom. The van der Waals surface area contributed by atoms with Crippen LogP contribution in [0.3, 0.4) is 0 Å². The van der Waals surface area contributed by atoms with E-state index in [2.05, 4.69) is 0 Å². The van der Waals surface area contributed by atoms with E-state index in [9.17, 15) is 14.4 Å². The fourth-order valence-corrected chi connectivity index (χ4v) is 2.75. The second-order valence-electron chi connectivity index (χ2n) is 6.01. The number of anilines is 1. The molecular formula is C20H19N3O3. The lowest BCUT2D eigenvalue weighted by atomic mass is 10.1. The summed E-state index contributed by atoms with van der Waals surface area (Å²) < 4.78 is 2.18. The van der Waals surface area contributed by atoms with Gasteiger partial charge < -0.3 is 9.47 Å². The molecule has 132 valence electrons. The average Bonchev–Trinajstić information content (AvgIpc) is 2.68. The second kappa shape index (κ2) is 7.23. The van der Waals surface area contributed by atoms with Crippen molar-refractivity contribution in [1.29, 1.82) is 0 Å². The van der Waals surface area contributed by atoms with Gasteiger partial charge in [0.2, 0.25) is 0 Å². The minimum atomic E-state index is -0.605. The Morgan fingerprint density at radius 2 is 1.50 bits per heavy atom. The van der Waals surface area contributed by atoms with Gasteiger partial charge in [-0.25, -0.2) is 4.79 Å². The minimum Gasteiger partial charge on any atom is -0.304 e. The molecule has 1 aromatic heterocycles. The molecule has 0 spiro atoms. The number of carbonyl (C=O) groups excluding carboxylic acids is 1. The van der Waals surface area contributed by atoms with Gasteiger partial charge in [-0.1, -0.05) is 48.5 Å². The van der Waals surface area contributed by atoms with Crippen molar-refractivity contribution in [2.75, 3.05) is 4.90 Å². The molecule has 0 atom stereocenters. The molecule has 3 rings (SSSR count). The zero-order valence-electron chi connectivity index (χ0n) is 14.6. The molecule has 6 heteroatoms. The Morgan fingerprint density at radius 1 is 0.923 bits per heavy atom.